The Bertz CT molecular complexity index is 519. The smallest absolute Gasteiger partial charge is 0.192 e. The number of hydrogen-bond acceptors (Lipinski definition) is 2. The van der Waals surface area contributed by atoms with E-state index in [-0.39, 0.29) is 16.9 Å². The normalized spacial score (nSPS) is 15.2. The molecule has 0 aliphatic rings. The molecule has 1 unspecified atom stereocenters. The zero-order chi connectivity index (χ0) is 19.8. The molecule has 1 atom stereocenters. The molecule has 0 heterocycles. The summed E-state index contributed by atoms with van der Waals surface area (Å²) in [6.07, 6.45) is 8.12. The van der Waals surface area contributed by atoms with Gasteiger partial charge in [0, 0.05) is 0 Å². The van der Waals surface area contributed by atoms with Crippen molar-refractivity contribution in [3.63, 3.8) is 0 Å². The maximum atomic E-state index is 11.1. The molecule has 0 aromatic carbocycles. The molecule has 25 heavy (non-hydrogen) atoms. The lowest BCUT2D eigenvalue weighted by Crippen LogP contribution is -2.44. The zero-order valence-corrected chi connectivity index (χ0v) is 19.1. The van der Waals surface area contributed by atoms with Crippen LogP contribution >= 0.6 is 0 Å². The van der Waals surface area contributed by atoms with Crippen molar-refractivity contribution >= 4 is 14.1 Å². The molecule has 0 aliphatic heterocycles. The van der Waals surface area contributed by atoms with Gasteiger partial charge in [-0.25, -0.2) is 0 Å². The van der Waals surface area contributed by atoms with Crippen molar-refractivity contribution in [2.24, 2.45) is 0 Å². The molecule has 0 spiro atoms. The molecular formula is C22H40O2Si. The van der Waals surface area contributed by atoms with Gasteiger partial charge in [-0.3, -0.25) is 4.79 Å². The van der Waals surface area contributed by atoms with E-state index in [9.17, 15) is 4.79 Å². The molecule has 0 amide bonds. The Morgan fingerprint density at radius 1 is 1.08 bits per heavy atom. The van der Waals surface area contributed by atoms with Gasteiger partial charge in [-0.2, -0.15) is 0 Å². The number of ketones is 1. The molecule has 3 heteroatoms. The van der Waals surface area contributed by atoms with Crippen LogP contribution in [0.3, 0.4) is 0 Å². The third kappa shape index (κ3) is 9.96. The molecule has 0 saturated heterocycles. The van der Waals surface area contributed by atoms with Crippen LogP contribution in [0.25, 0.3) is 0 Å². The number of allylic oxidation sites excluding steroid dienone is 4. The van der Waals surface area contributed by atoms with Crippen molar-refractivity contribution < 1.29 is 9.22 Å². The van der Waals surface area contributed by atoms with Crippen molar-refractivity contribution in [3.8, 4) is 0 Å². The van der Waals surface area contributed by atoms with Crippen LogP contribution in [0.5, 0.6) is 0 Å². The quantitative estimate of drug-likeness (QED) is 0.237. The average molecular weight is 365 g/mol. The van der Waals surface area contributed by atoms with Crippen LogP contribution in [-0.4, -0.2) is 20.2 Å². The Hall–Kier alpha value is -0.933. The largest absolute Gasteiger partial charge is 0.410 e. The lowest BCUT2D eigenvalue weighted by atomic mass is 10.0. The van der Waals surface area contributed by atoms with E-state index in [2.05, 4.69) is 60.4 Å². The van der Waals surface area contributed by atoms with Crippen molar-refractivity contribution in [3.05, 3.63) is 35.5 Å². The third-order valence-electron chi connectivity index (χ3n) is 5.07. The van der Waals surface area contributed by atoms with Crippen LogP contribution < -0.4 is 0 Å². The number of carbonyl (C=O) groups is 1. The van der Waals surface area contributed by atoms with Crippen LogP contribution in [0.2, 0.25) is 18.1 Å². The van der Waals surface area contributed by atoms with Gasteiger partial charge in [0.25, 0.3) is 0 Å². The summed E-state index contributed by atoms with van der Waals surface area (Å²) >= 11 is 0. The Balaban J connectivity index is 4.64. The average Bonchev–Trinajstić information content (AvgIpc) is 2.40. The first kappa shape index (κ1) is 24.1. The summed E-state index contributed by atoms with van der Waals surface area (Å²) in [4.78, 5) is 11.1. The van der Waals surface area contributed by atoms with Gasteiger partial charge in [0.2, 0.25) is 0 Å². The Morgan fingerprint density at radius 3 is 2.08 bits per heavy atom. The van der Waals surface area contributed by atoms with Crippen LogP contribution in [0, 0.1) is 0 Å². The first-order chi connectivity index (χ1) is 11.3. The highest BCUT2D eigenvalue weighted by atomic mass is 28.4. The molecule has 0 radical (unpaired) electrons. The van der Waals surface area contributed by atoms with Crippen LogP contribution in [0.4, 0.5) is 0 Å². The Morgan fingerprint density at radius 2 is 1.64 bits per heavy atom. The van der Waals surface area contributed by atoms with E-state index in [1.165, 1.54) is 5.57 Å². The topological polar surface area (TPSA) is 26.3 Å². The van der Waals surface area contributed by atoms with Crippen LogP contribution in [0.1, 0.15) is 74.1 Å². The van der Waals surface area contributed by atoms with Crippen molar-refractivity contribution in [2.45, 2.75) is 98.4 Å². The van der Waals surface area contributed by atoms with E-state index in [1.54, 1.807) is 13.0 Å². The number of carbonyl (C=O) groups excluding carboxylic acids is 1. The highest BCUT2D eigenvalue weighted by molar-refractivity contribution is 6.74. The van der Waals surface area contributed by atoms with Crippen molar-refractivity contribution in [1.82, 2.24) is 0 Å². The van der Waals surface area contributed by atoms with Gasteiger partial charge in [0.15, 0.2) is 14.1 Å². The maximum absolute atomic E-state index is 11.1. The summed E-state index contributed by atoms with van der Waals surface area (Å²) in [6, 6.07) is 0. The Labute approximate surface area is 157 Å². The van der Waals surface area contributed by atoms with E-state index in [0.717, 1.165) is 36.8 Å². The highest BCUT2D eigenvalue weighted by Gasteiger charge is 2.39. The second-order valence-electron chi connectivity index (χ2n) is 8.94. The summed E-state index contributed by atoms with van der Waals surface area (Å²) in [5.41, 5.74) is 3.66. The molecule has 0 aromatic heterocycles. The fourth-order valence-corrected chi connectivity index (χ4v) is 3.75. The maximum Gasteiger partial charge on any atom is 0.192 e. The van der Waals surface area contributed by atoms with Gasteiger partial charge in [0.05, 0.1) is 6.10 Å². The first-order valence-corrected chi connectivity index (χ1v) is 12.3. The second kappa shape index (κ2) is 10.3. The predicted molar refractivity (Wildman–Crippen MR) is 114 cm³/mol. The fraction of sp³-hybridized carbons (Fsp3) is 0.682. The summed E-state index contributed by atoms with van der Waals surface area (Å²) in [6.45, 7) is 23.5. The molecule has 144 valence electrons. The van der Waals surface area contributed by atoms with Crippen LogP contribution in [-0.2, 0) is 9.22 Å². The lowest BCUT2D eigenvalue weighted by molar-refractivity contribution is -0.112. The molecule has 0 saturated carbocycles. The summed E-state index contributed by atoms with van der Waals surface area (Å²) < 4.78 is 6.57. The molecule has 0 aliphatic carbocycles. The van der Waals surface area contributed by atoms with E-state index in [4.69, 9.17) is 4.43 Å². The third-order valence-corrected chi connectivity index (χ3v) is 9.56. The monoisotopic (exact) mass is 364 g/mol. The minimum atomic E-state index is -1.78. The van der Waals surface area contributed by atoms with Gasteiger partial charge in [-0.1, -0.05) is 50.1 Å². The Kier molecular flexibility index (Phi) is 9.89. The van der Waals surface area contributed by atoms with Gasteiger partial charge in [0.1, 0.15) is 0 Å². The first-order valence-electron chi connectivity index (χ1n) is 9.43. The molecule has 0 N–H and O–H groups in total. The minimum absolute atomic E-state index is 0.130. The van der Waals surface area contributed by atoms with Gasteiger partial charge in [-0.15, -0.1) is 0 Å². The van der Waals surface area contributed by atoms with Gasteiger partial charge < -0.3 is 4.43 Å². The van der Waals surface area contributed by atoms with Crippen LogP contribution in [0.15, 0.2) is 35.5 Å². The number of rotatable bonds is 10. The number of hydrogen-bond donors (Lipinski definition) is 0. The van der Waals surface area contributed by atoms with Gasteiger partial charge in [-0.05, 0) is 77.6 Å². The molecule has 0 bridgehead atoms. The zero-order valence-electron chi connectivity index (χ0n) is 18.1. The fourth-order valence-electron chi connectivity index (χ4n) is 2.36. The molecule has 0 fully saturated rings. The van der Waals surface area contributed by atoms with E-state index < -0.39 is 8.32 Å². The minimum Gasteiger partial charge on any atom is -0.410 e. The standard InChI is InChI=1S/C22H40O2Si/c1-17(2)21(24-25(9,10)22(6,7)8)15-14-18(3)12-11-13-19(4)16-20(5)23/h12,16,21H,1,11,13-15H2,2-10H3. The predicted octanol–water partition coefficient (Wildman–Crippen LogP) is 6.99. The highest BCUT2D eigenvalue weighted by Crippen LogP contribution is 2.38. The molecular weight excluding hydrogens is 324 g/mol. The van der Waals surface area contributed by atoms with E-state index >= 15 is 0 Å². The lowest BCUT2D eigenvalue weighted by Gasteiger charge is -2.39. The van der Waals surface area contributed by atoms with Gasteiger partial charge >= 0.3 is 0 Å². The summed E-state index contributed by atoms with van der Waals surface area (Å²) in [5, 5.41) is 0.214. The summed E-state index contributed by atoms with van der Waals surface area (Å²) in [7, 11) is -1.78. The second-order valence-corrected chi connectivity index (χ2v) is 13.7. The molecule has 2 nitrogen and oxygen atoms in total. The molecule has 0 aromatic rings. The SMILES string of the molecule is C=C(C)C(CCC(C)=CCCC(C)=CC(C)=O)O[Si](C)(C)C(C)(C)C. The summed E-state index contributed by atoms with van der Waals surface area (Å²) in [5.74, 6) is 0.130. The van der Waals surface area contributed by atoms with E-state index in [0.29, 0.717) is 0 Å². The van der Waals surface area contributed by atoms with E-state index in [1.807, 2.05) is 6.92 Å². The van der Waals surface area contributed by atoms with Crippen molar-refractivity contribution in [1.29, 1.82) is 0 Å². The molecule has 0 rings (SSSR count). The van der Waals surface area contributed by atoms with Crippen molar-refractivity contribution in [2.75, 3.05) is 0 Å².